The molecule has 180 valence electrons. The number of anilines is 1. The highest BCUT2D eigenvalue weighted by Crippen LogP contribution is 2.46. The van der Waals surface area contributed by atoms with Crippen LogP contribution in [0.25, 0.3) is 20.0 Å². The maximum Gasteiger partial charge on any atom is 0.412 e. The van der Waals surface area contributed by atoms with Crippen LogP contribution in [0.15, 0.2) is 47.0 Å². The summed E-state index contributed by atoms with van der Waals surface area (Å²) in [4.78, 5) is 25.5. The maximum atomic E-state index is 12.5. The number of hydrogen-bond acceptors (Lipinski definition) is 7. The average molecular weight is 509 g/mol. The van der Waals surface area contributed by atoms with Crippen LogP contribution in [0.2, 0.25) is 0 Å². The Labute approximate surface area is 210 Å². The number of carboxylic acid groups (broad SMARTS) is 1. The van der Waals surface area contributed by atoms with E-state index in [0.717, 1.165) is 24.7 Å². The lowest BCUT2D eigenvalue weighted by atomic mass is 10.1. The number of benzene rings is 1. The van der Waals surface area contributed by atoms with Crippen molar-refractivity contribution in [2.24, 2.45) is 5.41 Å². The molecule has 1 aromatic carbocycles. The Morgan fingerprint density at radius 1 is 1.20 bits per heavy atom. The fourth-order valence-corrected chi connectivity index (χ4v) is 5.72. The zero-order chi connectivity index (χ0) is 23.9. The van der Waals surface area contributed by atoms with Crippen LogP contribution < -0.4 is 5.32 Å². The van der Waals surface area contributed by atoms with Gasteiger partial charge in [0.1, 0.15) is 22.9 Å². The van der Waals surface area contributed by atoms with E-state index in [-0.39, 0.29) is 7.43 Å². The molecular weight excluding hydrogens is 484 g/mol. The predicted octanol–water partition coefficient (Wildman–Crippen LogP) is 7.09. The van der Waals surface area contributed by atoms with Crippen molar-refractivity contribution in [3.05, 3.63) is 58.7 Å². The van der Waals surface area contributed by atoms with Crippen molar-refractivity contribution in [2.75, 3.05) is 5.32 Å². The van der Waals surface area contributed by atoms with Gasteiger partial charge in [0, 0.05) is 9.40 Å². The Balaban J connectivity index is 0.00000289. The zero-order valence-corrected chi connectivity index (χ0v) is 20.0. The number of carbonyl (C=O) groups excluding carboxylic acids is 1. The van der Waals surface area contributed by atoms with Gasteiger partial charge >= 0.3 is 12.1 Å². The van der Waals surface area contributed by atoms with Gasteiger partial charge in [-0.25, -0.2) is 4.79 Å². The SMILES string of the molecule is C.Cc1onc(-c2cc3sc(C#CC4(C(=O)O)CC4)cc3s2)c1NC(=O)O[C@H](C)c1ccccc1. The Kier molecular flexibility index (Phi) is 6.70. The molecule has 0 unspecified atom stereocenters. The number of amides is 1. The fraction of sp³-hybridized carbons (Fsp3) is 0.269. The summed E-state index contributed by atoms with van der Waals surface area (Å²) in [5, 5.41) is 16.2. The van der Waals surface area contributed by atoms with Crippen LogP contribution in [0.4, 0.5) is 10.5 Å². The van der Waals surface area contributed by atoms with Crippen molar-refractivity contribution in [2.45, 2.75) is 40.2 Å². The summed E-state index contributed by atoms with van der Waals surface area (Å²) in [7, 11) is 0. The molecule has 4 aromatic rings. The van der Waals surface area contributed by atoms with E-state index in [9.17, 15) is 14.7 Å². The van der Waals surface area contributed by atoms with E-state index in [1.54, 1.807) is 6.92 Å². The van der Waals surface area contributed by atoms with E-state index in [0.29, 0.717) is 30.0 Å². The molecule has 1 fully saturated rings. The molecule has 0 saturated heterocycles. The van der Waals surface area contributed by atoms with Gasteiger partial charge in [-0.05, 0) is 44.4 Å². The second-order valence-electron chi connectivity index (χ2n) is 8.13. The Morgan fingerprint density at radius 2 is 1.91 bits per heavy atom. The molecule has 1 atom stereocenters. The summed E-state index contributed by atoms with van der Waals surface area (Å²) in [5.74, 6) is 5.57. The van der Waals surface area contributed by atoms with E-state index in [1.165, 1.54) is 22.7 Å². The van der Waals surface area contributed by atoms with Gasteiger partial charge in [-0.2, -0.15) is 0 Å². The van der Waals surface area contributed by atoms with Crippen LogP contribution in [-0.2, 0) is 9.53 Å². The number of ether oxygens (including phenoxy) is 1. The number of carboxylic acids is 1. The van der Waals surface area contributed by atoms with E-state index >= 15 is 0 Å². The quantitative estimate of drug-likeness (QED) is 0.279. The number of fused-ring (bicyclic) bond motifs is 1. The van der Waals surface area contributed by atoms with Gasteiger partial charge in [-0.3, -0.25) is 10.1 Å². The van der Waals surface area contributed by atoms with Crippen molar-refractivity contribution in [1.82, 2.24) is 5.16 Å². The lowest BCUT2D eigenvalue weighted by molar-refractivity contribution is -0.141. The first-order valence-electron chi connectivity index (χ1n) is 10.6. The van der Waals surface area contributed by atoms with Crippen LogP contribution in [0.3, 0.4) is 0 Å². The number of aliphatic carboxylic acids is 1. The van der Waals surface area contributed by atoms with Crippen molar-refractivity contribution >= 4 is 49.8 Å². The minimum atomic E-state index is -0.867. The van der Waals surface area contributed by atoms with E-state index in [2.05, 4.69) is 22.3 Å². The molecule has 1 amide bonds. The molecule has 1 aliphatic carbocycles. The third kappa shape index (κ3) is 4.94. The first kappa shape index (κ1) is 24.5. The number of nitrogens with zero attached hydrogens (tertiary/aromatic N) is 1. The lowest BCUT2D eigenvalue weighted by Crippen LogP contribution is -2.16. The summed E-state index contributed by atoms with van der Waals surface area (Å²) in [6, 6.07) is 13.4. The van der Waals surface area contributed by atoms with Crippen LogP contribution in [0, 0.1) is 24.2 Å². The third-order valence-electron chi connectivity index (χ3n) is 5.67. The molecule has 0 bridgehead atoms. The van der Waals surface area contributed by atoms with Gasteiger partial charge in [-0.15, -0.1) is 22.7 Å². The zero-order valence-electron chi connectivity index (χ0n) is 18.4. The lowest BCUT2D eigenvalue weighted by Gasteiger charge is -2.14. The highest BCUT2D eigenvalue weighted by molar-refractivity contribution is 7.29. The molecule has 0 aliphatic heterocycles. The standard InChI is InChI=1S/C25H20N2O5S2.CH4/c1-14(16-6-4-3-5-7-16)31-24(30)26-21-15(2)32-27-22(21)20-13-19-18(34-20)12-17(33-19)8-9-25(10-11-25)23(28)29;/h3-7,12-14H,10-11H2,1-2H3,(H,26,30)(H,28,29);1H4/t14-;/m1./s1. The molecule has 0 radical (unpaired) electrons. The smallest absolute Gasteiger partial charge is 0.412 e. The third-order valence-corrected chi connectivity index (χ3v) is 7.88. The summed E-state index contributed by atoms with van der Waals surface area (Å²) in [5.41, 5.74) is 1.03. The number of nitrogens with one attached hydrogen (secondary N) is 1. The molecule has 7 nitrogen and oxygen atoms in total. The fourth-order valence-electron chi connectivity index (χ4n) is 3.48. The normalized spacial score (nSPS) is 14.3. The number of aromatic nitrogens is 1. The van der Waals surface area contributed by atoms with Gasteiger partial charge in [0.05, 0.1) is 9.75 Å². The van der Waals surface area contributed by atoms with Crippen molar-refractivity contribution in [3.63, 3.8) is 0 Å². The van der Waals surface area contributed by atoms with Crippen LogP contribution in [0.1, 0.15) is 49.5 Å². The molecular formula is C26H24N2O5S2. The average Bonchev–Trinajstić information content (AvgIpc) is 3.20. The van der Waals surface area contributed by atoms with Crippen molar-refractivity contribution in [3.8, 4) is 22.4 Å². The monoisotopic (exact) mass is 508 g/mol. The molecule has 0 spiro atoms. The van der Waals surface area contributed by atoms with E-state index < -0.39 is 23.6 Å². The number of carbonyl (C=O) groups is 2. The number of aryl methyl sites for hydroxylation is 1. The summed E-state index contributed by atoms with van der Waals surface area (Å²) >= 11 is 3.00. The molecule has 9 heteroatoms. The van der Waals surface area contributed by atoms with Gasteiger partial charge in [0.25, 0.3) is 0 Å². The first-order chi connectivity index (χ1) is 16.3. The molecule has 3 heterocycles. The maximum absolute atomic E-state index is 12.5. The Morgan fingerprint density at radius 3 is 2.57 bits per heavy atom. The highest BCUT2D eigenvalue weighted by Gasteiger charge is 2.49. The largest absolute Gasteiger partial charge is 0.480 e. The van der Waals surface area contributed by atoms with Gasteiger partial charge in [0.2, 0.25) is 0 Å². The number of thiophene rings is 2. The molecule has 5 rings (SSSR count). The second-order valence-corrected chi connectivity index (χ2v) is 10.3. The van der Waals surface area contributed by atoms with Crippen molar-refractivity contribution < 1.29 is 24.0 Å². The molecule has 3 aromatic heterocycles. The van der Waals surface area contributed by atoms with Crippen LogP contribution >= 0.6 is 22.7 Å². The van der Waals surface area contributed by atoms with Crippen LogP contribution in [0.5, 0.6) is 0 Å². The topological polar surface area (TPSA) is 102 Å². The van der Waals surface area contributed by atoms with E-state index in [1.807, 2.05) is 49.4 Å². The Hall–Kier alpha value is -3.61. The van der Waals surface area contributed by atoms with Crippen molar-refractivity contribution in [1.29, 1.82) is 0 Å². The predicted molar refractivity (Wildman–Crippen MR) is 138 cm³/mol. The van der Waals surface area contributed by atoms with E-state index in [4.69, 9.17) is 9.26 Å². The summed E-state index contributed by atoms with van der Waals surface area (Å²) in [6.45, 7) is 3.54. The molecule has 1 saturated carbocycles. The minimum Gasteiger partial charge on any atom is -0.480 e. The second kappa shape index (κ2) is 9.56. The van der Waals surface area contributed by atoms with Gasteiger partial charge in [0.15, 0.2) is 5.76 Å². The van der Waals surface area contributed by atoms with Gasteiger partial charge in [-0.1, -0.05) is 54.8 Å². The first-order valence-corrected chi connectivity index (χ1v) is 12.3. The minimum absolute atomic E-state index is 0. The molecule has 1 aliphatic rings. The summed E-state index contributed by atoms with van der Waals surface area (Å²) in [6.07, 6.45) is 0.208. The number of rotatable bonds is 5. The summed E-state index contributed by atoms with van der Waals surface area (Å²) < 4.78 is 12.9. The molecule has 35 heavy (non-hydrogen) atoms. The molecule has 2 N–H and O–H groups in total. The number of hydrogen-bond donors (Lipinski definition) is 2. The highest BCUT2D eigenvalue weighted by atomic mass is 32.1. The van der Waals surface area contributed by atoms with Gasteiger partial charge < -0.3 is 14.4 Å². The van der Waals surface area contributed by atoms with Crippen LogP contribution in [-0.4, -0.2) is 22.3 Å². The Bertz CT molecular complexity index is 1420.